The molecule has 1 rings (SSSR count). The van der Waals surface area contributed by atoms with Gasteiger partial charge in [-0.1, -0.05) is 13.8 Å². The zero-order valence-electron chi connectivity index (χ0n) is 9.81. The number of likely N-dealkylation sites (N-methyl/N-ethyl adjacent to an activating group) is 1. The Labute approximate surface area is 92.2 Å². The van der Waals surface area contributed by atoms with Crippen LogP contribution >= 0.6 is 0 Å². The standard InChI is InChI=1S/C11H23N3O/c1-3-10-9(5-6-13-10)11(15)14-8-7-12-4-2/h9-10,12-13H,3-8H2,1-2H3,(H,14,15). The summed E-state index contributed by atoms with van der Waals surface area (Å²) in [5, 5.41) is 9.53. The van der Waals surface area contributed by atoms with Crippen LogP contribution in [0.3, 0.4) is 0 Å². The summed E-state index contributed by atoms with van der Waals surface area (Å²) in [5.74, 6) is 0.390. The lowest BCUT2D eigenvalue weighted by Crippen LogP contribution is -2.40. The first-order chi connectivity index (χ1) is 7.29. The highest BCUT2D eigenvalue weighted by atomic mass is 16.1. The van der Waals surface area contributed by atoms with Gasteiger partial charge in [-0.15, -0.1) is 0 Å². The summed E-state index contributed by atoms with van der Waals surface area (Å²) >= 11 is 0. The Morgan fingerprint density at radius 1 is 1.40 bits per heavy atom. The number of carbonyl (C=O) groups excluding carboxylic acids is 1. The molecule has 0 saturated carbocycles. The highest BCUT2D eigenvalue weighted by Gasteiger charge is 2.30. The van der Waals surface area contributed by atoms with Crippen LogP contribution in [0, 0.1) is 5.92 Å². The van der Waals surface area contributed by atoms with Crippen molar-refractivity contribution < 1.29 is 4.79 Å². The summed E-state index contributed by atoms with van der Waals surface area (Å²) < 4.78 is 0. The molecule has 1 fully saturated rings. The molecule has 1 aliphatic rings. The van der Waals surface area contributed by atoms with E-state index < -0.39 is 0 Å². The first kappa shape index (κ1) is 12.5. The normalized spacial score (nSPS) is 25.5. The lowest BCUT2D eigenvalue weighted by Gasteiger charge is -2.17. The number of carbonyl (C=O) groups is 1. The van der Waals surface area contributed by atoms with Gasteiger partial charge in [-0.05, 0) is 25.9 Å². The average molecular weight is 213 g/mol. The van der Waals surface area contributed by atoms with Crippen LogP contribution in [0.25, 0.3) is 0 Å². The molecule has 2 unspecified atom stereocenters. The van der Waals surface area contributed by atoms with E-state index in [1.54, 1.807) is 0 Å². The van der Waals surface area contributed by atoms with Gasteiger partial charge in [-0.2, -0.15) is 0 Å². The molecule has 2 atom stereocenters. The molecule has 1 amide bonds. The first-order valence-electron chi connectivity index (χ1n) is 6.01. The molecule has 0 aromatic rings. The molecule has 0 aromatic heterocycles. The number of hydrogen-bond acceptors (Lipinski definition) is 3. The lowest BCUT2D eigenvalue weighted by atomic mass is 9.98. The molecule has 88 valence electrons. The van der Waals surface area contributed by atoms with Crippen LogP contribution in [0.5, 0.6) is 0 Å². The van der Waals surface area contributed by atoms with Gasteiger partial charge in [0.1, 0.15) is 0 Å². The van der Waals surface area contributed by atoms with Crippen molar-refractivity contribution in [1.82, 2.24) is 16.0 Å². The van der Waals surface area contributed by atoms with Crippen LogP contribution in [0.1, 0.15) is 26.7 Å². The third-order valence-corrected chi connectivity index (χ3v) is 2.98. The fraction of sp³-hybridized carbons (Fsp3) is 0.909. The van der Waals surface area contributed by atoms with Gasteiger partial charge < -0.3 is 16.0 Å². The highest BCUT2D eigenvalue weighted by Crippen LogP contribution is 2.17. The Morgan fingerprint density at radius 2 is 2.20 bits per heavy atom. The largest absolute Gasteiger partial charge is 0.355 e. The number of hydrogen-bond donors (Lipinski definition) is 3. The monoisotopic (exact) mass is 213 g/mol. The smallest absolute Gasteiger partial charge is 0.224 e. The SMILES string of the molecule is CCNCCNC(=O)C1CCNC1CC. The minimum Gasteiger partial charge on any atom is -0.355 e. The van der Waals surface area contributed by atoms with Crippen molar-refractivity contribution in [3.8, 4) is 0 Å². The van der Waals surface area contributed by atoms with Crippen molar-refractivity contribution in [2.45, 2.75) is 32.7 Å². The summed E-state index contributed by atoms with van der Waals surface area (Å²) in [7, 11) is 0. The van der Waals surface area contributed by atoms with Gasteiger partial charge in [0.25, 0.3) is 0 Å². The van der Waals surface area contributed by atoms with Gasteiger partial charge in [0.2, 0.25) is 5.91 Å². The predicted octanol–water partition coefficient (Wildman–Crippen LogP) is 0.100. The predicted molar refractivity (Wildman–Crippen MR) is 61.7 cm³/mol. The lowest BCUT2D eigenvalue weighted by molar-refractivity contribution is -0.125. The molecule has 4 heteroatoms. The van der Waals surface area contributed by atoms with Crippen LogP contribution in [0.4, 0.5) is 0 Å². The van der Waals surface area contributed by atoms with Crippen LogP contribution in [0.15, 0.2) is 0 Å². The van der Waals surface area contributed by atoms with E-state index in [0.717, 1.165) is 39.0 Å². The van der Waals surface area contributed by atoms with E-state index in [4.69, 9.17) is 0 Å². The van der Waals surface area contributed by atoms with Crippen molar-refractivity contribution in [3.63, 3.8) is 0 Å². The third-order valence-electron chi connectivity index (χ3n) is 2.98. The average Bonchev–Trinajstić information content (AvgIpc) is 2.72. The van der Waals surface area contributed by atoms with Crippen molar-refractivity contribution in [1.29, 1.82) is 0 Å². The van der Waals surface area contributed by atoms with Crippen molar-refractivity contribution in [2.24, 2.45) is 5.92 Å². The van der Waals surface area contributed by atoms with E-state index in [1.807, 2.05) is 0 Å². The Hall–Kier alpha value is -0.610. The Balaban J connectivity index is 2.21. The fourth-order valence-electron chi connectivity index (χ4n) is 2.09. The third kappa shape index (κ3) is 3.80. The molecule has 0 spiro atoms. The van der Waals surface area contributed by atoms with Gasteiger partial charge in [0.05, 0.1) is 5.92 Å². The van der Waals surface area contributed by atoms with Gasteiger partial charge in [-0.3, -0.25) is 4.79 Å². The van der Waals surface area contributed by atoms with Crippen molar-refractivity contribution in [2.75, 3.05) is 26.2 Å². The van der Waals surface area contributed by atoms with Crippen molar-refractivity contribution in [3.05, 3.63) is 0 Å². The second-order valence-corrected chi connectivity index (χ2v) is 4.01. The minimum atomic E-state index is 0.177. The number of nitrogens with one attached hydrogen (secondary N) is 3. The molecule has 0 aromatic carbocycles. The fourth-order valence-corrected chi connectivity index (χ4v) is 2.09. The van der Waals surface area contributed by atoms with Crippen LogP contribution in [-0.4, -0.2) is 38.1 Å². The quantitative estimate of drug-likeness (QED) is 0.549. The summed E-state index contributed by atoms with van der Waals surface area (Å²) in [5.41, 5.74) is 0. The van der Waals surface area contributed by atoms with E-state index in [0.29, 0.717) is 6.04 Å². The zero-order chi connectivity index (χ0) is 11.1. The summed E-state index contributed by atoms with van der Waals surface area (Å²) in [6.45, 7) is 7.72. The van der Waals surface area contributed by atoms with Crippen LogP contribution in [-0.2, 0) is 4.79 Å². The van der Waals surface area contributed by atoms with E-state index in [1.165, 1.54) is 0 Å². The molecular weight excluding hydrogens is 190 g/mol. The number of amides is 1. The maximum absolute atomic E-state index is 11.8. The number of rotatable bonds is 6. The molecule has 0 bridgehead atoms. The van der Waals surface area contributed by atoms with Gasteiger partial charge >= 0.3 is 0 Å². The van der Waals surface area contributed by atoms with Gasteiger partial charge in [0, 0.05) is 19.1 Å². The zero-order valence-corrected chi connectivity index (χ0v) is 9.81. The summed E-state index contributed by atoms with van der Waals surface area (Å²) in [6, 6.07) is 0.379. The highest BCUT2D eigenvalue weighted by molar-refractivity contribution is 5.79. The maximum Gasteiger partial charge on any atom is 0.224 e. The molecule has 1 saturated heterocycles. The maximum atomic E-state index is 11.8. The van der Waals surface area contributed by atoms with E-state index >= 15 is 0 Å². The summed E-state index contributed by atoms with van der Waals surface area (Å²) in [4.78, 5) is 11.8. The van der Waals surface area contributed by atoms with E-state index in [-0.39, 0.29) is 11.8 Å². The Morgan fingerprint density at radius 3 is 2.87 bits per heavy atom. The summed E-state index contributed by atoms with van der Waals surface area (Å²) in [6.07, 6.45) is 2.01. The molecular formula is C11H23N3O. The minimum absolute atomic E-state index is 0.177. The van der Waals surface area contributed by atoms with E-state index in [2.05, 4.69) is 29.8 Å². The van der Waals surface area contributed by atoms with E-state index in [9.17, 15) is 4.79 Å². The Kier molecular flexibility index (Phi) is 5.65. The second kappa shape index (κ2) is 6.80. The molecule has 15 heavy (non-hydrogen) atoms. The Bertz CT molecular complexity index is 196. The van der Waals surface area contributed by atoms with Crippen LogP contribution < -0.4 is 16.0 Å². The first-order valence-corrected chi connectivity index (χ1v) is 6.01. The topological polar surface area (TPSA) is 53.2 Å². The molecule has 0 aliphatic carbocycles. The molecule has 4 nitrogen and oxygen atoms in total. The van der Waals surface area contributed by atoms with Crippen molar-refractivity contribution >= 4 is 5.91 Å². The molecule has 0 radical (unpaired) electrons. The molecule has 3 N–H and O–H groups in total. The molecule has 1 aliphatic heterocycles. The van der Waals surface area contributed by atoms with Gasteiger partial charge in [0.15, 0.2) is 0 Å². The van der Waals surface area contributed by atoms with Gasteiger partial charge in [-0.25, -0.2) is 0 Å². The molecule has 1 heterocycles. The second-order valence-electron chi connectivity index (χ2n) is 4.01. The van der Waals surface area contributed by atoms with Crippen LogP contribution in [0.2, 0.25) is 0 Å².